The van der Waals surface area contributed by atoms with Gasteiger partial charge in [-0.05, 0) is 51.4 Å². The van der Waals surface area contributed by atoms with Gasteiger partial charge in [0.15, 0.2) is 0 Å². The van der Waals surface area contributed by atoms with Crippen LogP contribution < -0.4 is 10.0 Å². The van der Waals surface area contributed by atoms with Crippen LogP contribution in [-0.4, -0.2) is 51.9 Å². The Balaban J connectivity index is 1.63. The lowest BCUT2D eigenvalue weighted by Crippen LogP contribution is -2.40. The highest BCUT2D eigenvalue weighted by Crippen LogP contribution is 2.09. The quantitative estimate of drug-likeness (QED) is 0.690. The van der Waals surface area contributed by atoms with Gasteiger partial charge in [0.1, 0.15) is 0 Å². The topological polar surface area (TPSA) is 78.5 Å². The highest BCUT2D eigenvalue weighted by molar-refractivity contribution is 7.89. The van der Waals surface area contributed by atoms with Gasteiger partial charge in [0.2, 0.25) is 15.9 Å². The Kier molecular flexibility index (Phi) is 7.20. The molecule has 0 aliphatic carbocycles. The second-order valence-corrected chi connectivity index (χ2v) is 8.02. The first-order valence-electron chi connectivity index (χ1n) is 8.53. The maximum Gasteiger partial charge on any atom is 0.240 e. The standard InChI is InChI=1S/C17H27N3O3S/c1-15-6-8-16(9-7-15)24(22,23)19-11-5-10-18-17(21)14-20-12-3-2-4-13-20/h6-9,19H,2-5,10-14H2,1H3,(H,18,21). The lowest BCUT2D eigenvalue weighted by atomic mass is 10.1. The third kappa shape index (κ3) is 6.22. The van der Waals surface area contributed by atoms with Crippen LogP contribution in [0.2, 0.25) is 0 Å². The maximum atomic E-state index is 12.1. The third-order valence-corrected chi connectivity index (χ3v) is 5.59. The molecule has 0 aromatic heterocycles. The number of carbonyl (C=O) groups excluding carboxylic acids is 1. The van der Waals surface area contributed by atoms with Crippen molar-refractivity contribution in [1.82, 2.24) is 14.9 Å². The van der Waals surface area contributed by atoms with Crippen LogP contribution in [0.15, 0.2) is 29.2 Å². The summed E-state index contributed by atoms with van der Waals surface area (Å²) in [6, 6.07) is 6.74. The molecule has 0 saturated carbocycles. The summed E-state index contributed by atoms with van der Waals surface area (Å²) in [5, 5.41) is 2.85. The van der Waals surface area contributed by atoms with Gasteiger partial charge in [0.05, 0.1) is 11.4 Å². The molecule has 0 atom stereocenters. The minimum atomic E-state index is -3.47. The highest BCUT2D eigenvalue weighted by Gasteiger charge is 2.14. The van der Waals surface area contributed by atoms with Gasteiger partial charge in [-0.2, -0.15) is 0 Å². The number of amides is 1. The first-order valence-corrected chi connectivity index (χ1v) is 10.0. The van der Waals surface area contributed by atoms with Crippen molar-refractivity contribution in [2.75, 3.05) is 32.7 Å². The fourth-order valence-corrected chi connectivity index (χ4v) is 3.77. The van der Waals surface area contributed by atoms with Crippen molar-refractivity contribution >= 4 is 15.9 Å². The summed E-state index contributed by atoms with van der Waals surface area (Å²) in [4.78, 5) is 14.3. The van der Waals surface area contributed by atoms with Crippen molar-refractivity contribution in [1.29, 1.82) is 0 Å². The van der Waals surface area contributed by atoms with Gasteiger partial charge in [0.25, 0.3) is 0 Å². The van der Waals surface area contributed by atoms with Crippen molar-refractivity contribution in [2.24, 2.45) is 0 Å². The average molecular weight is 353 g/mol. The van der Waals surface area contributed by atoms with Gasteiger partial charge in [0, 0.05) is 13.1 Å². The zero-order chi connectivity index (χ0) is 17.4. The van der Waals surface area contributed by atoms with Crippen LogP contribution >= 0.6 is 0 Å². The van der Waals surface area contributed by atoms with Crippen molar-refractivity contribution in [2.45, 2.75) is 37.5 Å². The highest BCUT2D eigenvalue weighted by atomic mass is 32.2. The number of nitrogens with zero attached hydrogens (tertiary/aromatic N) is 1. The normalized spacial score (nSPS) is 16.0. The van der Waals surface area contributed by atoms with Crippen LogP contribution in [0.25, 0.3) is 0 Å². The molecular formula is C17H27N3O3S. The molecule has 6 nitrogen and oxygen atoms in total. The molecule has 0 unspecified atom stereocenters. The summed E-state index contributed by atoms with van der Waals surface area (Å²) < 4.78 is 26.8. The van der Waals surface area contributed by atoms with Crippen LogP contribution in [0, 0.1) is 6.92 Å². The van der Waals surface area contributed by atoms with Crippen molar-refractivity contribution < 1.29 is 13.2 Å². The van der Waals surface area contributed by atoms with E-state index >= 15 is 0 Å². The number of hydrogen-bond donors (Lipinski definition) is 2. The number of carbonyl (C=O) groups is 1. The molecule has 0 spiro atoms. The zero-order valence-electron chi connectivity index (χ0n) is 14.3. The lowest BCUT2D eigenvalue weighted by molar-refractivity contribution is -0.122. The van der Waals surface area contributed by atoms with E-state index in [4.69, 9.17) is 0 Å². The first kappa shape index (κ1) is 18.9. The monoisotopic (exact) mass is 353 g/mol. The SMILES string of the molecule is Cc1ccc(S(=O)(=O)NCCCNC(=O)CN2CCCCC2)cc1. The predicted octanol–water partition coefficient (Wildman–Crippen LogP) is 1.27. The second kappa shape index (κ2) is 9.15. The van der Waals surface area contributed by atoms with E-state index in [-0.39, 0.29) is 10.8 Å². The number of rotatable bonds is 8. The molecule has 1 aliphatic rings. The average Bonchev–Trinajstić information content (AvgIpc) is 2.56. The Morgan fingerprint density at radius 1 is 1.08 bits per heavy atom. The predicted molar refractivity (Wildman–Crippen MR) is 94.3 cm³/mol. The van der Waals surface area contributed by atoms with Crippen LogP contribution in [0.3, 0.4) is 0 Å². The van der Waals surface area contributed by atoms with Gasteiger partial charge in [-0.1, -0.05) is 24.1 Å². The molecule has 134 valence electrons. The summed E-state index contributed by atoms with van der Waals surface area (Å²) in [7, 11) is -3.47. The van der Waals surface area contributed by atoms with Gasteiger partial charge in [-0.15, -0.1) is 0 Å². The summed E-state index contributed by atoms with van der Waals surface area (Å²) in [6.45, 7) is 5.11. The van der Waals surface area contributed by atoms with E-state index in [1.54, 1.807) is 24.3 Å². The van der Waals surface area contributed by atoms with Gasteiger partial charge in [-0.25, -0.2) is 13.1 Å². The number of nitrogens with one attached hydrogen (secondary N) is 2. The maximum absolute atomic E-state index is 12.1. The molecule has 7 heteroatoms. The minimum absolute atomic E-state index is 0.0123. The molecule has 1 amide bonds. The van der Waals surface area contributed by atoms with E-state index in [0.717, 1.165) is 31.5 Å². The van der Waals surface area contributed by atoms with Crippen molar-refractivity contribution in [3.63, 3.8) is 0 Å². The van der Waals surface area contributed by atoms with Crippen LogP contribution in [0.4, 0.5) is 0 Å². The smallest absolute Gasteiger partial charge is 0.240 e. The summed E-state index contributed by atoms with van der Waals surface area (Å²) in [6.07, 6.45) is 4.14. The Labute approximate surface area is 144 Å². The third-order valence-electron chi connectivity index (χ3n) is 4.11. The van der Waals surface area contributed by atoms with Gasteiger partial charge < -0.3 is 5.32 Å². The van der Waals surface area contributed by atoms with Crippen LogP contribution in [0.1, 0.15) is 31.2 Å². The van der Waals surface area contributed by atoms with E-state index in [1.807, 2.05) is 6.92 Å². The molecule has 1 aliphatic heterocycles. The van der Waals surface area contributed by atoms with Crippen molar-refractivity contribution in [3.05, 3.63) is 29.8 Å². The lowest BCUT2D eigenvalue weighted by Gasteiger charge is -2.25. The summed E-state index contributed by atoms with van der Waals surface area (Å²) >= 11 is 0. The first-order chi connectivity index (χ1) is 11.5. The number of benzene rings is 1. The molecule has 2 N–H and O–H groups in total. The Morgan fingerprint density at radius 2 is 1.75 bits per heavy atom. The Bertz CT molecular complexity index is 623. The number of piperidine rings is 1. The molecule has 1 aromatic carbocycles. The molecule has 1 aromatic rings. The van der Waals surface area contributed by atoms with Crippen LogP contribution in [0.5, 0.6) is 0 Å². The zero-order valence-corrected chi connectivity index (χ0v) is 15.1. The number of likely N-dealkylation sites (tertiary alicyclic amines) is 1. The van der Waals surface area contributed by atoms with E-state index in [0.29, 0.717) is 26.1 Å². The minimum Gasteiger partial charge on any atom is -0.355 e. The summed E-state index contributed by atoms with van der Waals surface area (Å²) in [5.41, 5.74) is 1.02. The van der Waals surface area contributed by atoms with E-state index in [9.17, 15) is 13.2 Å². The van der Waals surface area contributed by atoms with Crippen molar-refractivity contribution in [3.8, 4) is 0 Å². The van der Waals surface area contributed by atoms with E-state index in [1.165, 1.54) is 6.42 Å². The molecule has 0 radical (unpaired) electrons. The molecule has 2 rings (SSSR count). The molecular weight excluding hydrogens is 326 g/mol. The number of sulfonamides is 1. The second-order valence-electron chi connectivity index (χ2n) is 6.25. The molecule has 1 fully saturated rings. The van der Waals surface area contributed by atoms with Gasteiger partial charge in [-0.3, -0.25) is 9.69 Å². The van der Waals surface area contributed by atoms with E-state index in [2.05, 4.69) is 14.9 Å². The molecule has 0 bridgehead atoms. The number of aryl methyl sites for hydroxylation is 1. The molecule has 1 heterocycles. The fourth-order valence-electron chi connectivity index (χ4n) is 2.70. The Hall–Kier alpha value is -1.44. The number of hydrogen-bond acceptors (Lipinski definition) is 4. The molecule has 1 saturated heterocycles. The van der Waals surface area contributed by atoms with E-state index < -0.39 is 10.0 Å². The van der Waals surface area contributed by atoms with Crippen LogP contribution in [-0.2, 0) is 14.8 Å². The largest absolute Gasteiger partial charge is 0.355 e. The summed E-state index contributed by atoms with van der Waals surface area (Å²) in [5.74, 6) is 0.0123. The van der Waals surface area contributed by atoms with Gasteiger partial charge >= 0.3 is 0 Å². The Morgan fingerprint density at radius 3 is 2.42 bits per heavy atom. The molecule has 24 heavy (non-hydrogen) atoms. The fraction of sp³-hybridized carbons (Fsp3) is 0.588.